The van der Waals surface area contributed by atoms with Gasteiger partial charge in [-0.05, 0) is 30.3 Å². The van der Waals surface area contributed by atoms with Crippen LogP contribution in [0.4, 0.5) is 26.3 Å². The molecule has 6 nitrogen and oxygen atoms in total. The van der Waals surface area contributed by atoms with Gasteiger partial charge in [-0.25, -0.2) is 0 Å². The van der Waals surface area contributed by atoms with Gasteiger partial charge in [0.2, 0.25) is 0 Å². The highest BCUT2D eigenvalue weighted by Crippen LogP contribution is 2.37. The van der Waals surface area contributed by atoms with Crippen molar-refractivity contribution in [1.82, 2.24) is 30.4 Å². The number of nitrogens with zero attached hydrogens (tertiary/aromatic N) is 4. The van der Waals surface area contributed by atoms with E-state index in [2.05, 4.69) is 20.2 Å². The van der Waals surface area contributed by atoms with Gasteiger partial charge < -0.3 is 0 Å². The molecule has 13 heteroatoms. The summed E-state index contributed by atoms with van der Waals surface area (Å²) in [6.45, 7) is 0. The van der Waals surface area contributed by atoms with Crippen LogP contribution in [0.25, 0.3) is 22.8 Å². The number of aromatic amines is 2. The minimum Gasteiger partial charge on any atom is -0.273 e. The van der Waals surface area contributed by atoms with E-state index in [-0.39, 0.29) is 11.4 Å². The van der Waals surface area contributed by atoms with Gasteiger partial charge in [0, 0.05) is 12.4 Å². The Morgan fingerprint density at radius 1 is 0.710 bits per heavy atom. The fraction of sp³-hybridized carbons (Fsp3) is 0.111. The number of hydrogen-bond acceptors (Lipinski definition) is 4. The monoisotopic (exact) mass is 460 g/mol. The normalized spacial score (nSPS) is 11.7. The number of halogens is 7. The van der Waals surface area contributed by atoms with Crippen molar-refractivity contribution in [3.05, 3.63) is 71.3 Å². The van der Waals surface area contributed by atoms with Gasteiger partial charge in [0.15, 0.2) is 5.69 Å². The molecule has 4 rings (SSSR count). The Kier molecular flexibility index (Phi) is 6.29. The highest BCUT2D eigenvalue weighted by molar-refractivity contribution is 6.33. The minimum absolute atomic E-state index is 0.00501. The maximum absolute atomic E-state index is 12.4. The molecule has 0 atom stereocenters. The number of hydrogen-bond donors (Lipinski definition) is 2. The number of H-pyrrole nitrogens is 2. The number of alkyl halides is 6. The Morgan fingerprint density at radius 3 is 1.77 bits per heavy atom. The molecule has 162 valence electrons. The molecule has 0 bridgehead atoms. The van der Waals surface area contributed by atoms with Crippen LogP contribution in [0.15, 0.2) is 54.9 Å². The molecule has 0 aromatic carbocycles. The van der Waals surface area contributed by atoms with Crippen LogP contribution in [0.1, 0.15) is 11.4 Å². The van der Waals surface area contributed by atoms with Crippen molar-refractivity contribution in [3.63, 3.8) is 0 Å². The van der Waals surface area contributed by atoms with Crippen LogP contribution in [-0.4, -0.2) is 30.4 Å². The molecule has 4 aromatic heterocycles. The standard InChI is InChI=1S/C9H5ClF3N3.C9H6F3N3/c10-6-7(5-3-1-2-4-14-5)15-16-8(6)9(11,12)13;10-9(11,12)8-5-7(14-15-8)6-3-1-2-4-13-6/h1-4H,(H,15,16);1-5H,(H,14,15). The zero-order chi connectivity index (χ0) is 22.6. The summed E-state index contributed by atoms with van der Waals surface area (Å²) in [4.78, 5) is 7.77. The zero-order valence-electron chi connectivity index (χ0n) is 15.1. The van der Waals surface area contributed by atoms with E-state index in [0.29, 0.717) is 11.4 Å². The van der Waals surface area contributed by atoms with Crippen LogP contribution in [0.5, 0.6) is 0 Å². The Hall–Kier alpha value is -3.41. The molecular weight excluding hydrogens is 450 g/mol. The van der Waals surface area contributed by atoms with Gasteiger partial charge in [0.25, 0.3) is 0 Å². The third-order valence-electron chi connectivity index (χ3n) is 3.71. The van der Waals surface area contributed by atoms with E-state index >= 15 is 0 Å². The Balaban J connectivity index is 0.000000176. The Labute approximate surface area is 175 Å². The summed E-state index contributed by atoms with van der Waals surface area (Å²) in [5.74, 6) is 0. The molecule has 0 saturated heterocycles. The van der Waals surface area contributed by atoms with Crippen LogP contribution in [0, 0.1) is 0 Å². The van der Waals surface area contributed by atoms with E-state index < -0.39 is 28.8 Å². The first kappa shape index (κ1) is 22.3. The topological polar surface area (TPSA) is 83.1 Å². The molecular formula is C18H11ClF6N6. The van der Waals surface area contributed by atoms with Crippen LogP contribution in [0.2, 0.25) is 5.02 Å². The van der Waals surface area contributed by atoms with Crippen molar-refractivity contribution in [2.75, 3.05) is 0 Å². The van der Waals surface area contributed by atoms with Crippen LogP contribution in [0.3, 0.4) is 0 Å². The fourth-order valence-corrected chi connectivity index (χ4v) is 2.59. The van der Waals surface area contributed by atoms with Gasteiger partial charge in [-0.2, -0.15) is 36.5 Å². The number of rotatable bonds is 2. The molecule has 0 aliphatic heterocycles. The maximum Gasteiger partial charge on any atom is 0.434 e. The van der Waals surface area contributed by atoms with Crippen LogP contribution in [-0.2, 0) is 12.4 Å². The number of pyridine rings is 2. The molecule has 0 unspecified atom stereocenters. The van der Waals surface area contributed by atoms with E-state index in [1.165, 1.54) is 18.5 Å². The molecule has 4 heterocycles. The highest BCUT2D eigenvalue weighted by atomic mass is 35.5. The van der Waals surface area contributed by atoms with Crippen molar-refractivity contribution >= 4 is 11.6 Å². The molecule has 2 N–H and O–H groups in total. The summed E-state index contributed by atoms with van der Waals surface area (Å²) in [6, 6.07) is 10.7. The summed E-state index contributed by atoms with van der Waals surface area (Å²) >= 11 is 5.59. The number of aromatic nitrogens is 6. The Morgan fingerprint density at radius 2 is 1.32 bits per heavy atom. The summed E-state index contributed by atoms with van der Waals surface area (Å²) in [5.41, 5.74) is -1.06. The summed E-state index contributed by atoms with van der Waals surface area (Å²) in [5, 5.41) is 10.4. The second kappa shape index (κ2) is 8.76. The predicted molar refractivity (Wildman–Crippen MR) is 98.7 cm³/mol. The van der Waals surface area contributed by atoms with Gasteiger partial charge in [-0.3, -0.25) is 20.2 Å². The number of nitrogens with one attached hydrogen (secondary N) is 2. The maximum atomic E-state index is 12.4. The van der Waals surface area contributed by atoms with Gasteiger partial charge >= 0.3 is 12.4 Å². The quantitative estimate of drug-likeness (QED) is 0.379. The van der Waals surface area contributed by atoms with E-state index in [1.54, 1.807) is 30.3 Å². The van der Waals surface area contributed by atoms with Gasteiger partial charge in [-0.1, -0.05) is 23.7 Å². The van der Waals surface area contributed by atoms with Crippen molar-refractivity contribution < 1.29 is 26.3 Å². The van der Waals surface area contributed by atoms with Crippen molar-refractivity contribution in [3.8, 4) is 22.8 Å². The molecule has 0 amide bonds. The Bertz CT molecular complexity index is 1120. The van der Waals surface area contributed by atoms with Gasteiger partial charge in [0.05, 0.1) is 11.4 Å². The van der Waals surface area contributed by atoms with E-state index in [9.17, 15) is 26.3 Å². The van der Waals surface area contributed by atoms with E-state index in [0.717, 1.165) is 6.07 Å². The van der Waals surface area contributed by atoms with Crippen LogP contribution < -0.4 is 0 Å². The summed E-state index contributed by atoms with van der Waals surface area (Å²) < 4.78 is 73.9. The lowest BCUT2D eigenvalue weighted by Crippen LogP contribution is -2.05. The van der Waals surface area contributed by atoms with Gasteiger partial charge in [-0.15, -0.1) is 0 Å². The van der Waals surface area contributed by atoms with Gasteiger partial charge in [0.1, 0.15) is 22.1 Å². The van der Waals surface area contributed by atoms with E-state index in [1.807, 2.05) is 10.2 Å². The average molecular weight is 461 g/mol. The first-order valence-corrected chi connectivity index (χ1v) is 8.71. The molecule has 31 heavy (non-hydrogen) atoms. The minimum atomic E-state index is -4.54. The SMILES string of the molecule is FC(F)(F)c1[nH]nc(-c2ccccn2)c1Cl.FC(F)(F)c1cc(-c2ccccn2)n[nH]1. The lowest BCUT2D eigenvalue weighted by molar-refractivity contribution is -0.141. The average Bonchev–Trinajstić information content (AvgIpc) is 3.37. The zero-order valence-corrected chi connectivity index (χ0v) is 15.9. The largest absolute Gasteiger partial charge is 0.434 e. The van der Waals surface area contributed by atoms with Crippen molar-refractivity contribution in [2.45, 2.75) is 12.4 Å². The fourth-order valence-electron chi connectivity index (χ4n) is 2.30. The lowest BCUT2D eigenvalue weighted by atomic mass is 10.2. The summed E-state index contributed by atoms with van der Waals surface area (Å²) in [7, 11) is 0. The predicted octanol–water partition coefficient (Wildman–Crippen LogP) is 5.63. The smallest absolute Gasteiger partial charge is 0.273 e. The molecule has 0 aliphatic carbocycles. The molecule has 0 aliphatic rings. The molecule has 4 aromatic rings. The molecule has 0 radical (unpaired) electrons. The third kappa shape index (κ3) is 5.40. The second-order valence-corrected chi connectivity index (χ2v) is 6.23. The lowest BCUT2D eigenvalue weighted by Gasteiger charge is -2.02. The third-order valence-corrected chi connectivity index (χ3v) is 4.08. The summed E-state index contributed by atoms with van der Waals surface area (Å²) in [6.07, 6.45) is -6.00. The molecule has 0 fully saturated rings. The first-order valence-electron chi connectivity index (χ1n) is 8.34. The van der Waals surface area contributed by atoms with E-state index in [4.69, 9.17) is 11.6 Å². The van der Waals surface area contributed by atoms with Crippen LogP contribution >= 0.6 is 11.6 Å². The molecule has 0 saturated carbocycles. The highest BCUT2D eigenvalue weighted by Gasteiger charge is 2.37. The molecule has 0 spiro atoms. The first-order chi connectivity index (χ1) is 14.6. The second-order valence-electron chi connectivity index (χ2n) is 5.85. The van der Waals surface area contributed by atoms with Crippen molar-refractivity contribution in [2.24, 2.45) is 0 Å². The van der Waals surface area contributed by atoms with Crippen molar-refractivity contribution in [1.29, 1.82) is 0 Å².